The van der Waals surface area contributed by atoms with Gasteiger partial charge < -0.3 is 0 Å². The molecule has 1 saturated heterocycles. The highest BCUT2D eigenvalue weighted by Crippen LogP contribution is 2.27. The van der Waals surface area contributed by atoms with Crippen LogP contribution in [0.2, 0.25) is 0 Å². The Morgan fingerprint density at radius 1 is 1.29 bits per heavy atom. The van der Waals surface area contributed by atoms with Crippen LogP contribution in [0.25, 0.3) is 10.6 Å². The number of nitrogens with zero attached hydrogens (tertiary/aromatic N) is 2. The second-order valence-corrected chi connectivity index (χ2v) is 7.32. The molecule has 2 heterocycles. The van der Waals surface area contributed by atoms with Gasteiger partial charge in [-0.2, -0.15) is 11.8 Å². The maximum Gasteiger partial charge on any atom is 0.127 e. The maximum atomic E-state index is 14.0. The normalized spacial score (nSPS) is 16.3. The molecule has 2 nitrogen and oxygen atoms in total. The smallest absolute Gasteiger partial charge is 0.127 e. The van der Waals surface area contributed by atoms with Gasteiger partial charge in [-0.05, 0) is 18.2 Å². The van der Waals surface area contributed by atoms with Gasteiger partial charge in [0.05, 0.1) is 11.6 Å². The molecule has 0 unspecified atom stereocenters. The van der Waals surface area contributed by atoms with Crippen LogP contribution in [0, 0.1) is 5.82 Å². The summed E-state index contributed by atoms with van der Waals surface area (Å²) in [6, 6.07) is 5.26. The molecule has 1 aromatic carbocycles. The van der Waals surface area contributed by atoms with Crippen LogP contribution < -0.4 is 0 Å². The molecule has 1 aliphatic heterocycles. The molecule has 1 aromatic heterocycles. The van der Waals surface area contributed by atoms with Crippen molar-refractivity contribution in [3.05, 3.63) is 40.7 Å². The van der Waals surface area contributed by atoms with Gasteiger partial charge in [0.2, 0.25) is 0 Å². The van der Waals surface area contributed by atoms with Gasteiger partial charge in [-0.25, -0.2) is 9.37 Å². The first-order valence-electron chi connectivity index (χ1n) is 6.85. The first-order valence-corrected chi connectivity index (χ1v) is 9.42. The molecular weight excluding hydrogens is 327 g/mol. The van der Waals surface area contributed by atoms with Crippen molar-refractivity contribution >= 4 is 34.7 Å². The van der Waals surface area contributed by atoms with Crippen LogP contribution >= 0.6 is 34.7 Å². The molecular formula is C15H16ClFN2S2. The van der Waals surface area contributed by atoms with E-state index in [0.29, 0.717) is 12.4 Å². The number of thioether (sulfide) groups is 1. The lowest BCUT2D eigenvalue weighted by atomic mass is 10.1. The highest BCUT2D eigenvalue weighted by atomic mass is 35.5. The van der Waals surface area contributed by atoms with Gasteiger partial charge in [0.1, 0.15) is 10.8 Å². The van der Waals surface area contributed by atoms with Crippen LogP contribution in [0.3, 0.4) is 0 Å². The van der Waals surface area contributed by atoms with E-state index < -0.39 is 0 Å². The summed E-state index contributed by atoms with van der Waals surface area (Å²) in [7, 11) is 0. The molecule has 3 rings (SSSR count). The molecule has 0 amide bonds. The Hall–Kier alpha value is -0.620. The molecule has 0 saturated carbocycles. The van der Waals surface area contributed by atoms with Gasteiger partial charge >= 0.3 is 0 Å². The molecule has 1 fully saturated rings. The predicted octanol–water partition coefficient (Wildman–Crippen LogP) is 4.24. The van der Waals surface area contributed by atoms with Crippen molar-refractivity contribution in [3.63, 3.8) is 0 Å². The summed E-state index contributed by atoms with van der Waals surface area (Å²) < 4.78 is 14.0. The third-order valence-electron chi connectivity index (χ3n) is 3.48. The van der Waals surface area contributed by atoms with Gasteiger partial charge in [-0.3, -0.25) is 4.90 Å². The van der Waals surface area contributed by atoms with Crippen LogP contribution in [0.4, 0.5) is 4.39 Å². The lowest BCUT2D eigenvalue weighted by Crippen LogP contribution is -2.32. The summed E-state index contributed by atoms with van der Waals surface area (Å²) in [6.07, 6.45) is 0. The van der Waals surface area contributed by atoms with E-state index in [9.17, 15) is 4.39 Å². The number of alkyl halides is 1. The quantitative estimate of drug-likeness (QED) is 0.773. The second kappa shape index (κ2) is 7.09. The van der Waals surface area contributed by atoms with Gasteiger partial charge in [-0.15, -0.1) is 22.9 Å². The number of benzene rings is 1. The number of hydrogen-bond acceptors (Lipinski definition) is 4. The maximum absolute atomic E-state index is 14.0. The lowest BCUT2D eigenvalue weighted by molar-refractivity contribution is 0.290. The molecule has 1 aliphatic rings. The Labute approximate surface area is 137 Å². The van der Waals surface area contributed by atoms with Crippen molar-refractivity contribution < 1.29 is 4.39 Å². The molecule has 0 aliphatic carbocycles. The van der Waals surface area contributed by atoms with E-state index in [1.165, 1.54) is 0 Å². The SMILES string of the molecule is Fc1ccc(-c2nc(CCl)cs2)cc1CN1CCSCC1. The van der Waals surface area contributed by atoms with Crippen LogP contribution in [0.15, 0.2) is 23.6 Å². The highest BCUT2D eigenvalue weighted by Gasteiger charge is 2.14. The Kier molecular flexibility index (Phi) is 5.16. The van der Waals surface area contributed by atoms with Crippen molar-refractivity contribution in [2.24, 2.45) is 0 Å². The van der Waals surface area contributed by atoms with Crippen molar-refractivity contribution in [1.82, 2.24) is 9.88 Å². The highest BCUT2D eigenvalue weighted by molar-refractivity contribution is 7.99. The monoisotopic (exact) mass is 342 g/mol. The minimum absolute atomic E-state index is 0.133. The summed E-state index contributed by atoms with van der Waals surface area (Å²) in [6.45, 7) is 2.73. The molecule has 0 atom stereocenters. The van der Waals surface area contributed by atoms with Crippen molar-refractivity contribution in [1.29, 1.82) is 0 Å². The van der Waals surface area contributed by atoms with E-state index in [0.717, 1.165) is 46.4 Å². The third kappa shape index (κ3) is 3.77. The van der Waals surface area contributed by atoms with Gasteiger partial charge in [0.25, 0.3) is 0 Å². The van der Waals surface area contributed by atoms with Crippen LogP contribution in [-0.4, -0.2) is 34.5 Å². The van der Waals surface area contributed by atoms with E-state index in [-0.39, 0.29) is 5.82 Å². The molecule has 0 spiro atoms. The fraction of sp³-hybridized carbons (Fsp3) is 0.400. The minimum Gasteiger partial charge on any atom is -0.297 e. The zero-order valence-corrected chi connectivity index (χ0v) is 13.9. The topological polar surface area (TPSA) is 16.1 Å². The average Bonchev–Trinajstić information content (AvgIpc) is 2.99. The third-order valence-corrected chi connectivity index (χ3v) is 5.64. The zero-order valence-electron chi connectivity index (χ0n) is 11.5. The van der Waals surface area contributed by atoms with E-state index in [1.807, 2.05) is 23.2 Å². The average molecular weight is 343 g/mol. The summed E-state index contributed by atoms with van der Waals surface area (Å²) in [5, 5.41) is 2.86. The molecule has 6 heteroatoms. The van der Waals surface area contributed by atoms with Crippen molar-refractivity contribution in [2.45, 2.75) is 12.4 Å². The Bertz CT molecular complexity index is 611. The van der Waals surface area contributed by atoms with Crippen LogP contribution in [0.5, 0.6) is 0 Å². The fourth-order valence-electron chi connectivity index (χ4n) is 2.33. The molecule has 112 valence electrons. The van der Waals surface area contributed by atoms with Crippen LogP contribution in [0.1, 0.15) is 11.3 Å². The molecule has 0 bridgehead atoms. The Morgan fingerprint density at radius 2 is 2.10 bits per heavy atom. The standard InChI is InChI=1S/C15H16ClFN2S2/c16-8-13-10-21-15(18-13)11-1-2-14(17)12(7-11)9-19-3-5-20-6-4-19/h1-2,7,10H,3-6,8-9H2. The number of hydrogen-bond donors (Lipinski definition) is 0. The second-order valence-electron chi connectivity index (χ2n) is 4.97. The zero-order chi connectivity index (χ0) is 14.7. The number of thiazole rings is 1. The summed E-state index contributed by atoms with van der Waals surface area (Å²) in [5.41, 5.74) is 2.59. The molecule has 0 radical (unpaired) electrons. The summed E-state index contributed by atoms with van der Waals surface area (Å²) >= 11 is 9.30. The van der Waals surface area contributed by atoms with E-state index in [2.05, 4.69) is 9.88 Å². The van der Waals surface area contributed by atoms with E-state index in [1.54, 1.807) is 23.5 Å². The lowest BCUT2D eigenvalue weighted by Gasteiger charge is -2.26. The molecule has 2 aromatic rings. The largest absolute Gasteiger partial charge is 0.297 e. The minimum atomic E-state index is -0.133. The Balaban J connectivity index is 1.81. The summed E-state index contributed by atoms with van der Waals surface area (Å²) in [5.74, 6) is 2.54. The van der Waals surface area contributed by atoms with Gasteiger partial charge in [-0.1, -0.05) is 0 Å². The molecule has 21 heavy (non-hydrogen) atoms. The van der Waals surface area contributed by atoms with Crippen LogP contribution in [-0.2, 0) is 12.4 Å². The predicted molar refractivity (Wildman–Crippen MR) is 89.7 cm³/mol. The number of rotatable bonds is 4. The number of halogens is 2. The Morgan fingerprint density at radius 3 is 2.81 bits per heavy atom. The first-order chi connectivity index (χ1) is 10.3. The first kappa shape index (κ1) is 15.3. The molecule has 0 N–H and O–H groups in total. The number of aromatic nitrogens is 1. The van der Waals surface area contributed by atoms with E-state index >= 15 is 0 Å². The van der Waals surface area contributed by atoms with Gasteiger partial charge in [0.15, 0.2) is 0 Å². The summed E-state index contributed by atoms with van der Waals surface area (Å²) in [4.78, 5) is 6.77. The van der Waals surface area contributed by atoms with E-state index in [4.69, 9.17) is 11.6 Å². The van der Waals surface area contributed by atoms with Gasteiger partial charge in [0, 0.05) is 47.6 Å². The fourth-order valence-corrected chi connectivity index (χ4v) is 4.35. The van der Waals surface area contributed by atoms with Crippen molar-refractivity contribution in [3.8, 4) is 10.6 Å². The van der Waals surface area contributed by atoms with Crippen molar-refractivity contribution in [2.75, 3.05) is 24.6 Å².